The number of nitrogens with zero attached hydrogens (tertiary/aromatic N) is 1. The Morgan fingerprint density at radius 3 is 2.62 bits per heavy atom. The van der Waals surface area contributed by atoms with Gasteiger partial charge in [0.15, 0.2) is 0 Å². The van der Waals surface area contributed by atoms with Gasteiger partial charge in [0.05, 0.1) is 12.1 Å². The topological polar surface area (TPSA) is 51.1 Å². The summed E-state index contributed by atoms with van der Waals surface area (Å²) in [5, 5.41) is 2.65. The number of amides is 1. The molecule has 0 unspecified atom stereocenters. The number of halogens is 1. The van der Waals surface area contributed by atoms with Crippen molar-refractivity contribution in [3.63, 3.8) is 0 Å². The van der Waals surface area contributed by atoms with Gasteiger partial charge < -0.3 is 9.88 Å². The molecule has 0 saturated heterocycles. The summed E-state index contributed by atoms with van der Waals surface area (Å²) < 4.78 is 15.1. The van der Waals surface area contributed by atoms with E-state index in [0.717, 1.165) is 11.1 Å². The molecule has 0 aliphatic carbocycles. The first-order valence-electron chi connectivity index (χ1n) is 8.26. The summed E-state index contributed by atoms with van der Waals surface area (Å²) in [4.78, 5) is 24.5. The van der Waals surface area contributed by atoms with Gasteiger partial charge in [-0.05, 0) is 43.2 Å². The van der Waals surface area contributed by atoms with E-state index in [1.54, 1.807) is 19.1 Å². The molecular formula is C21H19FN2O2. The van der Waals surface area contributed by atoms with Gasteiger partial charge in [0.1, 0.15) is 5.82 Å². The van der Waals surface area contributed by atoms with Crippen molar-refractivity contribution in [3.05, 3.63) is 99.2 Å². The second-order valence-corrected chi connectivity index (χ2v) is 6.29. The van der Waals surface area contributed by atoms with Gasteiger partial charge in [-0.25, -0.2) is 4.39 Å². The standard InChI is InChI=1S/C21H19FN2O2/c1-14-4-3-5-16(10-14)12-24-13-17(7-9-20(24)25)21(26)23-18-8-6-15(2)19(22)11-18/h3-11,13H,12H2,1-2H3,(H,23,26). The van der Waals surface area contributed by atoms with Crippen LogP contribution in [0.15, 0.2) is 65.6 Å². The molecule has 0 aliphatic heterocycles. The molecule has 1 amide bonds. The zero-order chi connectivity index (χ0) is 18.7. The van der Waals surface area contributed by atoms with E-state index in [1.807, 2.05) is 31.2 Å². The van der Waals surface area contributed by atoms with E-state index in [2.05, 4.69) is 5.32 Å². The van der Waals surface area contributed by atoms with Crippen LogP contribution in [-0.4, -0.2) is 10.5 Å². The van der Waals surface area contributed by atoms with Gasteiger partial charge in [0.2, 0.25) is 0 Å². The molecule has 0 radical (unpaired) electrons. The number of pyridine rings is 1. The number of carbonyl (C=O) groups excluding carboxylic acids is 1. The molecule has 0 saturated carbocycles. The molecule has 2 aromatic carbocycles. The summed E-state index contributed by atoms with van der Waals surface area (Å²) in [7, 11) is 0. The van der Waals surface area contributed by atoms with Gasteiger partial charge in [0, 0.05) is 18.0 Å². The second-order valence-electron chi connectivity index (χ2n) is 6.29. The molecule has 132 valence electrons. The fraction of sp³-hybridized carbons (Fsp3) is 0.143. The van der Waals surface area contributed by atoms with Gasteiger partial charge in [-0.2, -0.15) is 0 Å². The predicted molar refractivity (Wildman–Crippen MR) is 100 cm³/mol. The van der Waals surface area contributed by atoms with E-state index in [0.29, 0.717) is 23.4 Å². The number of hydrogen-bond donors (Lipinski definition) is 1. The van der Waals surface area contributed by atoms with Crippen LogP contribution in [0.5, 0.6) is 0 Å². The molecule has 1 aromatic heterocycles. The van der Waals surface area contributed by atoms with Crippen molar-refractivity contribution in [2.24, 2.45) is 0 Å². The third kappa shape index (κ3) is 4.06. The molecule has 0 bridgehead atoms. The smallest absolute Gasteiger partial charge is 0.257 e. The number of aryl methyl sites for hydroxylation is 2. The van der Waals surface area contributed by atoms with Crippen LogP contribution in [0, 0.1) is 19.7 Å². The summed E-state index contributed by atoms with van der Waals surface area (Å²) in [6.07, 6.45) is 1.52. The maximum Gasteiger partial charge on any atom is 0.257 e. The lowest BCUT2D eigenvalue weighted by Crippen LogP contribution is -2.22. The van der Waals surface area contributed by atoms with E-state index in [-0.39, 0.29) is 11.4 Å². The molecular weight excluding hydrogens is 331 g/mol. The van der Waals surface area contributed by atoms with Crippen LogP contribution in [-0.2, 0) is 6.54 Å². The summed E-state index contributed by atoms with van der Waals surface area (Å²) >= 11 is 0. The van der Waals surface area contributed by atoms with Gasteiger partial charge in [-0.15, -0.1) is 0 Å². The molecule has 1 heterocycles. The maximum atomic E-state index is 13.6. The average Bonchev–Trinajstić information content (AvgIpc) is 2.60. The average molecular weight is 350 g/mol. The molecule has 3 rings (SSSR count). The lowest BCUT2D eigenvalue weighted by atomic mass is 10.1. The Labute approximate surface area is 150 Å². The fourth-order valence-corrected chi connectivity index (χ4v) is 2.67. The Morgan fingerprint density at radius 1 is 1.08 bits per heavy atom. The van der Waals surface area contributed by atoms with Crippen molar-refractivity contribution in [2.75, 3.05) is 5.32 Å². The van der Waals surface area contributed by atoms with Crippen molar-refractivity contribution in [1.82, 2.24) is 4.57 Å². The van der Waals surface area contributed by atoms with Crippen LogP contribution < -0.4 is 10.9 Å². The number of hydrogen-bond acceptors (Lipinski definition) is 2. The zero-order valence-electron chi connectivity index (χ0n) is 14.6. The summed E-state index contributed by atoms with van der Waals surface area (Å²) in [6, 6.07) is 15.2. The lowest BCUT2D eigenvalue weighted by molar-refractivity contribution is 0.102. The number of benzene rings is 2. The van der Waals surface area contributed by atoms with Crippen LogP contribution >= 0.6 is 0 Å². The molecule has 1 N–H and O–H groups in total. The number of nitrogens with one attached hydrogen (secondary N) is 1. The molecule has 4 nitrogen and oxygen atoms in total. The Balaban J connectivity index is 1.83. The first kappa shape index (κ1) is 17.6. The third-order valence-corrected chi connectivity index (χ3v) is 4.11. The molecule has 5 heteroatoms. The highest BCUT2D eigenvalue weighted by Gasteiger charge is 2.10. The maximum absolute atomic E-state index is 13.6. The number of anilines is 1. The van der Waals surface area contributed by atoms with Gasteiger partial charge in [-0.3, -0.25) is 9.59 Å². The highest BCUT2D eigenvalue weighted by Crippen LogP contribution is 2.14. The van der Waals surface area contributed by atoms with E-state index in [4.69, 9.17) is 0 Å². The van der Waals surface area contributed by atoms with Gasteiger partial charge in [-0.1, -0.05) is 35.9 Å². The van der Waals surface area contributed by atoms with Crippen LogP contribution in [0.25, 0.3) is 0 Å². The van der Waals surface area contributed by atoms with Crippen molar-refractivity contribution in [2.45, 2.75) is 20.4 Å². The summed E-state index contributed by atoms with van der Waals surface area (Å²) in [5.74, 6) is -0.779. The minimum atomic E-state index is -0.397. The van der Waals surface area contributed by atoms with E-state index < -0.39 is 5.91 Å². The molecule has 0 aliphatic rings. The normalized spacial score (nSPS) is 10.6. The van der Waals surface area contributed by atoms with Crippen molar-refractivity contribution in [3.8, 4) is 0 Å². The summed E-state index contributed by atoms with van der Waals surface area (Å²) in [5.41, 5.74) is 3.10. The monoisotopic (exact) mass is 350 g/mol. The molecule has 3 aromatic rings. The van der Waals surface area contributed by atoms with E-state index >= 15 is 0 Å². The zero-order valence-corrected chi connectivity index (χ0v) is 14.6. The van der Waals surface area contributed by atoms with Crippen LogP contribution in [0.1, 0.15) is 27.0 Å². The Kier molecular flexibility index (Phi) is 4.98. The van der Waals surface area contributed by atoms with E-state index in [9.17, 15) is 14.0 Å². The molecule has 0 fully saturated rings. The minimum absolute atomic E-state index is 0.190. The molecule has 0 spiro atoms. The summed E-state index contributed by atoms with van der Waals surface area (Å²) in [6.45, 7) is 4.01. The number of carbonyl (C=O) groups is 1. The predicted octanol–water partition coefficient (Wildman–Crippen LogP) is 3.90. The van der Waals surface area contributed by atoms with Crippen molar-refractivity contribution < 1.29 is 9.18 Å². The largest absolute Gasteiger partial charge is 0.322 e. The highest BCUT2D eigenvalue weighted by atomic mass is 19.1. The van der Waals surface area contributed by atoms with Crippen LogP contribution in [0.3, 0.4) is 0 Å². The van der Waals surface area contributed by atoms with Crippen LogP contribution in [0.4, 0.5) is 10.1 Å². The van der Waals surface area contributed by atoms with Crippen molar-refractivity contribution >= 4 is 11.6 Å². The SMILES string of the molecule is Cc1cccc(Cn2cc(C(=O)Nc3ccc(C)c(F)c3)ccc2=O)c1. The molecule has 26 heavy (non-hydrogen) atoms. The van der Waals surface area contributed by atoms with Crippen molar-refractivity contribution in [1.29, 1.82) is 0 Å². The highest BCUT2D eigenvalue weighted by molar-refractivity contribution is 6.04. The van der Waals surface area contributed by atoms with E-state index in [1.165, 1.54) is 29.0 Å². The first-order chi connectivity index (χ1) is 12.4. The lowest BCUT2D eigenvalue weighted by Gasteiger charge is -2.10. The van der Waals surface area contributed by atoms with Crippen LogP contribution in [0.2, 0.25) is 0 Å². The fourth-order valence-electron chi connectivity index (χ4n) is 2.67. The quantitative estimate of drug-likeness (QED) is 0.776. The Bertz CT molecular complexity index is 1020. The first-order valence-corrected chi connectivity index (χ1v) is 8.26. The third-order valence-electron chi connectivity index (χ3n) is 4.11. The Hall–Kier alpha value is -3.21. The van der Waals surface area contributed by atoms with Gasteiger partial charge in [0.25, 0.3) is 11.5 Å². The second kappa shape index (κ2) is 7.35. The van der Waals surface area contributed by atoms with Gasteiger partial charge >= 0.3 is 0 Å². The molecule has 0 atom stereocenters. The number of aromatic nitrogens is 1. The minimum Gasteiger partial charge on any atom is -0.322 e. The number of rotatable bonds is 4. The Morgan fingerprint density at radius 2 is 1.88 bits per heavy atom.